The number of hydrogen-bond acceptors (Lipinski definition) is 6. The third-order valence-electron chi connectivity index (χ3n) is 13.6. The zero-order valence-electron chi connectivity index (χ0n) is 37.2. The first-order valence-corrected chi connectivity index (χ1v) is 24.1. The second-order valence-corrected chi connectivity index (χ2v) is 21.9. The molecular formula is C58H45BN2O2S2. The van der Waals surface area contributed by atoms with Crippen molar-refractivity contribution in [2.45, 2.75) is 52.4 Å². The van der Waals surface area contributed by atoms with E-state index in [2.05, 4.69) is 215 Å². The van der Waals surface area contributed by atoms with Gasteiger partial charge in [-0.25, -0.2) is 0 Å². The Morgan fingerprint density at radius 3 is 1.28 bits per heavy atom. The van der Waals surface area contributed by atoms with Crippen molar-refractivity contribution in [2.75, 3.05) is 9.80 Å². The Morgan fingerprint density at radius 1 is 0.431 bits per heavy atom. The molecule has 4 nitrogen and oxygen atoms in total. The highest BCUT2D eigenvalue weighted by molar-refractivity contribution is 7.22. The highest BCUT2D eigenvalue weighted by Crippen LogP contribution is 2.49. The number of nitrogens with zero attached hydrogens (tertiary/aromatic N) is 2. The van der Waals surface area contributed by atoms with Crippen LogP contribution in [0.25, 0.3) is 63.0 Å². The molecule has 7 heteroatoms. The van der Waals surface area contributed by atoms with Crippen LogP contribution in [0.4, 0.5) is 34.5 Å². The first-order chi connectivity index (χ1) is 31.5. The van der Waals surface area contributed by atoms with E-state index in [1.807, 2.05) is 22.7 Å². The molecule has 65 heavy (non-hydrogen) atoms. The van der Waals surface area contributed by atoms with Crippen molar-refractivity contribution < 1.29 is 8.83 Å². The molecule has 7 aromatic carbocycles. The number of furan rings is 2. The Morgan fingerprint density at radius 2 is 0.862 bits per heavy atom. The smallest absolute Gasteiger partial charge is 0.262 e. The van der Waals surface area contributed by atoms with Crippen LogP contribution >= 0.6 is 22.7 Å². The number of hydrogen-bond donors (Lipinski definition) is 0. The fraction of sp³-hybridized carbons (Fsp3) is 0.138. The standard InChI is InChI=1S/C58H45BN2O2S2/c1-57(2,3)38-22-28-46-42(32-38)52-55(62-46)60(40-24-18-34(19-25-40)50-30-36-12-7-9-16-48(36)64-50)44-14-11-15-45-54(44)59(52)53-43-33-39(58(4,5)6)23-29-47(43)63-56(53)61(45)41-26-20-35(21-27-41)51-31-37-13-8-10-17-49(37)65-51/h7-33H,1-6H3. The van der Waals surface area contributed by atoms with Gasteiger partial charge in [0, 0.05) is 63.6 Å². The molecule has 0 saturated heterocycles. The molecule has 11 aromatic rings. The molecule has 2 aliphatic heterocycles. The first kappa shape index (κ1) is 38.6. The summed E-state index contributed by atoms with van der Waals surface area (Å²) >= 11 is 3.68. The van der Waals surface area contributed by atoms with E-state index in [1.165, 1.54) is 68.6 Å². The largest absolute Gasteiger partial charge is 0.440 e. The maximum atomic E-state index is 7.19. The monoisotopic (exact) mass is 876 g/mol. The third kappa shape index (κ3) is 5.95. The van der Waals surface area contributed by atoms with Crippen molar-refractivity contribution in [3.05, 3.63) is 175 Å². The first-order valence-electron chi connectivity index (χ1n) is 22.5. The molecule has 0 atom stereocenters. The average Bonchev–Trinajstić information content (AvgIpc) is 4.11. The maximum absolute atomic E-state index is 7.19. The molecule has 0 amide bonds. The highest BCUT2D eigenvalue weighted by Gasteiger charge is 2.48. The molecule has 314 valence electrons. The number of benzene rings is 7. The predicted octanol–water partition coefficient (Wildman–Crippen LogP) is 15.6. The molecule has 0 aliphatic carbocycles. The summed E-state index contributed by atoms with van der Waals surface area (Å²) < 4.78 is 17.0. The van der Waals surface area contributed by atoms with Gasteiger partial charge >= 0.3 is 0 Å². The van der Waals surface area contributed by atoms with Crippen LogP contribution in [0.5, 0.6) is 0 Å². The van der Waals surface area contributed by atoms with Crippen molar-refractivity contribution in [2.24, 2.45) is 0 Å². The van der Waals surface area contributed by atoms with Gasteiger partial charge in [0.15, 0.2) is 0 Å². The van der Waals surface area contributed by atoms with E-state index in [4.69, 9.17) is 8.83 Å². The maximum Gasteiger partial charge on any atom is 0.262 e. The van der Waals surface area contributed by atoms with Gasteiger partial charge in [-0.15, -0.1) is 22.7 Å². The number of thiophene rings is 2. The van der Waals surface area contributed by atoms with Crippen LogP contribution in [0.15, 0.2) is 173 Å². The van der Waals surface area contributed by atoms with Gasteiger partial charge in [-0.1, -0.05) is 120 Å². The summed E-state index contributed by atoms with van der Waals surface area (Å²) in [6.45, 7) is 13.6. The molecule has 0 spiro atoms. The van der Waals surface area contributed by atoms with Crippen molar-refractivity contribution in [1.29, 1.82) is 0 Å². The van der Waals surface area contributed by atoms with Gasteiger partial charge in [-0.2, -0.15) is 0 Å². The molecule has 0 saturated carbocycles. The highest BCUT2D eigenvalue weighted by atomic mass is 32.1. The molecule has 4 aromatic heterocycles. The van der Waals surface area contributed by atoms with E-state index in [9.17, 15) is 0 Å². The van der Waals surface area contributed by atoms with Crippen LogP contribution in [-0.4, -0.2) is 6.71 Å². The Bertz CT molecular complexity index is 3400. The van der Waals surface area contributed by atoms with Crippen molar-refractivity contribution >= 4 is 122 Å². The minimum atomic E-state index is -0.165. The second-order valence-electron chi connectivity index (χ2n) is 19.8. The van der Waals surface area contributed by atoms with Crippen LogP contribution in [0.1, 0.15) is 52.7 Å². The van der Waals surface area contributed by atoms with Crippen LogP contribution in [0.2, 0.25) is 0 Å². The van der Waals surface area contributed by atoms with Crippen molar-refractivity contribution in [3.8, 4) is 20.9 Å². The summed E-state index contributed by atoms with van der Waals surface area (Å²) in [6, 6.07) is 60.3. The van der Waals surface area contributed by atoms with Gasteiger partial charge in [-0.05, 0) is 134 Å². The van der Waals surface area contributed by atoms with Gasteiger partial charge in [0.1, 0.15) is 11.2 Å². The lowest BCUT2D eigenvalue weighted by Gasteiger charge is -2.40. The Hall–Kier alpha value is -6.80. The van der Waals surface area contributed by atoms with Crippen molar-refractivity contribution in [3.63, 3.8) is 0 Å². The fourth-order valence-electron chi connectivity index (χ4n) is 10.2. The second kappa shape index (κ2) is 13.9. The van der Waals surface area contributed by atoms with E-state index < -0.39 is 0 Å². The lowest BCUT2D eigenvalue weighted by atomic mass is 9.33. The lowest BCUT2D eigenvalue weighted by molar-refractivity contribution is 0.589. The van der Waals surface area contributed by atoms with Gasteiger partial charge < -0.3 is 8.83 Å². The number of fused-ring (bicyclic) bond motifs is 10. The SMILES string of the molecule is CC(C)(C)c1ccc2oc3c(c2c1)B1c2c(cccc2N(c2ccc(-c4cc5ccccc5s4)cc2)c2oc4ccc(C(C)(C)C)cc4c21)N3c1ccc(-c2cc3ccccc3s2)cc1. The minimum absolute atomic E-state index is 0.0569. The summed E-state index contributed by atoms with van der Waals surface area (Å²) in [5.74, 6) is 1.70. The summed E-state index contributed by atoms with van der Waals surface area (Å²) in [5, 5.41) is 4.82. The van der Waals surface area contributed by atoms with Gasteiger partial charge in [0.05, 0.1) is 0 Å². The number of rotatable bonds is 4. The molecule has 13 rings (SSSR count). The topological polar surface area (TPSA) is 32.8 Å². The zero-order valence-corrected chi connectivity index (χ0v) is 38.8. The molecule has 2 aliphatic rings. The van der Waals surface area contributed by atoms with Gasteiger partial charge in [0.25, 0.3) is 6.71 Å². The molecule has 0 unspecified atom stereocenters. The molecule has 0 N–H and O–H groups in total. The predicted molar refractivity (Wildman–Crippen MR) is 279 cm³/mol. The van der Waals surface area contributed by atoms with Crippen LogP contribution in [-0.2, 0) is 10.8 Å². The zero-order chi connectivity index (χ0) is 43.9. The van der Waals surface area contributed by atoms with E-state index in [0.717, 1.165) is 56.5 Å². The van der Waals surface area contributed by atoms with E-state index in [0.29, 0.717) is 0 Å². The Labute approximate surface area is 387 Å². The van der Waals surface area contributed by atoms with Gasteiger partial charge in [0.2, 0.25) is 11.8 Å². The van der Waals surface area contributed by atoms with Crippen molar-refractivity contribution in [1.82, 2.24) is 0 Å². The average molecular weight is 877 g/mol. The van der Waals surface area contributed by atoms with Crippen LogP contribution in [0.3, 0.4) is 0 Å². The molecule has 0 fully saturated rings. The van der Waals surface area contributed by atoms with Crippen LogP contribution in [0, 0.1) is 0 Å². The summed E-state index contributed by atoms with van der Waals surface area (Å²) in [6.07, 6.45) is 0. The lowest BCUT2D eigenvalue weighted by Crippen LogP contribution is -2.60. The summed E-state index contributed by atoms with van der Waals surface area (Å²) in [4.78, 5) is 7.26. The third-order valence-corrected chi connectivity index (χ3v) is 16.0. The Kier molecular flexibility index (Phi) is 8.24. The van der Waals surface area contributed by atoms with Crippen LogP contribution < -0.4 is 26.2 Å². The number of anilines is 6. The molecule has 6 heterocycles. The van der Waals surface area contributed by atoms with E-state index >= 15 is 0 Å². The molecule has 0 radical (unpaired) electrons. The Balaban J connectivity index is 1.06. The summed E-state index contributed by atoms with van der Waals surface area (Å²) in [5.41, 5.74) is 14.5. The quantitative estimate of drug-likeness (QED) is 0.165. The molecular weight excluding hydrogens is 832 g/mol. The van der Waals surface area contributed by atoms with E-state index in [1.54, 1.807) is 0 Å². The normalized spacial score (nSPS) is 13.6. The summed E-state index contributed by atoms with van der Waals surface area (Å²) in [7, 11) is 0. The molecule has 0 bridgehead atoms. The van der Waals surface area contributed by atoms with E-state index in [-0.39, 0.29) is 17.5 Å². The minimum Gasteiger partial charge on any atom is -0.440 e. The van der Waals surface area contributed by atoms with Gasteiger partial charge in [-0.3, -0.25) is 9.80 Å². The fourth-order valence-corrected chi connectivity index (χ4v) is 12.4.